The molecule has 0 saturated heterocycles. The number of nitrogens with zero attached hydrogens (tertiary/aromatic N) is 1. The van der Waals surface area contributed by atoms with E-state index in [1.54, 1.807) is 0 Å². The van der Waals surface area contributed by atoms with Gasteiger partial charge in [-0.1, -0.05) is 50.6 Å². The van der Waals surface area contributed by atoms with Gasteiger partial charge in [0, 0.05) is 12.6 Å². The topological polar surface area (TPSA) is 15.3 Å². The molecule has 0 amide bonds. The predicted molar refractivity (Wildman–Crippen MR) is 86.8 cm³/mol. The summed E-state index contributed by atoms with van der Waals surface area (Å²) in [6.07, 6.45) is 5.35. The Hall–Kier alpha value is -0.860. The van der Waals surface area contributed by atoms with Gasteiger partial charge in [-0.2, -0.15) is 0 Å². The Bertz CT molecular complexity index is 386. The van der Waals surface area contributed by atoms with Crippen LogP contribution >= 0.6 is 0 Å². The van der Waals surface area contributed by atoms with E-state index in [1.807, 2.05) is 0 Å². The molecule has 1 unspecified atom stereocenters. The first-order valence-corrected chi connectivity index (χ1v) is 8.04. The molecule has 1 aliphatic carbocycles. The van der Waals surface area contributed by atoms with E-state index < -0.39 is 0 Å². The highest BCUT2D eigenvalue weighted by molar-refractivity contribution is 5.14. The molecule has 1 atom stereocenters. The van der Waals surface area contributed by atoms with Gasteiger partial charge in [0.05, 0.1) is 0 Å². The number of nitrogens with one attached hydrogen (secondary N) is 1. The summed E-state index contributed by atoms with van der Waals surface area (Å²) in [5.41, 5.74) is 1.90. The Morgan fingerprint density at radius 2 is 2.00 bits per heavy atom. The largest absolute Gasteiger partial charge is 0.313 e. The van der Waals surface area contributed by atoms with Crippen LogP contribution in [0.15, 0.2) is 30.3 Å². The van der Waals surface area contributed by atoms with Gasteiger partial charge in [0.25, 0.3) is 0 Å². The van der Waals surface area contributed by atoms with Gasteiger partial charge in [0.15, 0.2) is 0 Å². The van der Waals surface area contributed by atoms with Gasteiger partial charge >= 0.3 is 0 Å². The standard InChI is InChI=1S/C18H30N2/c1-18(2)12-7-11-17(18)19-13-8-14-20(3)15-16-9-5-4-6-10-16/h4-6,9-10,17,19H,7-8,11-15H2,1-3H3. The summed E-state index contributed by atoms with van der Waals surface area (Å²) < 4.78 is 0. The summed E-state index contributed by atoms with van der Waals surface area (Å²) in [6.45, 7) is 8.16. The lowest BCUT2D eigenvalue weighted by Gasteiger charge is -2.28. The van der Waals surface area contributed by atoms with E-state index in [4.69, 9.17) is 0 Å². The van der Waals surface area contributed by atoms with Gasteiger partial charge in [-0.15, -0.1) is 0 Å². The fourth-order valence-corrected chi connectivity index (χ4v) is 3.30. The van der Waals surface area contributed by atoms with Crippen LogP contribution in [0.2, 0.25) is 0 Å². The summed E-state index contributed by atoms with van der Waals surface area (Å²) in [5.74, 6) is 0. The Morgan fingerprint density at radius 1 is 1.25 bits per heavy atom. The van der Waals surface area contributed by atoms with Crippen molar-refractivity contribution in [2.24, 2.45) is 5.41 Å². The van der Waals surface area contributed by atoms with Gasteiger partial charge in [-0.05, 0) is 50.4 Å². The SMILES string of the molecule is CN(CCCNC1CCCC1(C)C)Cc1ccccc1. The smallest absolute Gasteiger partial charge is 0.0230 e. The van der Waals surface area contributed by atoms with E-state index in [0.717, 1.165) is 25.7 Å². The van der Waals surface area contributed by atoms with Crippen LogP contribution in [0.5, 0.6) is 0 Å². The zero-order valence-corrected chi connectivity index (χ0v) is 13.4. The summed E-state index contributed by atoms with van der Waals surface area (Å²) in [5, 5.41) is 3.76. The lowest BCUT2D eigenvalue weighted by Crippen LogP contribution is -2.39. The van der Waals surface area contributed by atoms with Crippen LogP contribution < -0.4 is 5.32 Å². The van der Waals surface area contributed by atoms with Crippen molar-refractivity contribution in [2.75, 3.05) is 20.1 Å². The van der Waals surface area contributed by atoms with Gasteiger partial charge in [0.1, 0.15) is 0 Å². The molecule has 1 saturated carbocycles. The lowest BCUT2D eigenvalue weighted by atomic mass is 9.87. The van der Waals surface area contributed by atoms with E-state index in [0.29, 0.717) is 5.41 Å². The molecule has 1 fully saturated rings. The lowest BCUT2D eigenvalue weighted by molar-refractivity contribution is 0.271. The normalized spacial score (nSPS) is 21.5. The maximum atomic E-state index is 3.76. The molecule has 20 heavy (non-hydrogen) atoms. The molecule has 112 valence electrons. The first-order chi connectivity index (χ1) is 9.58. The number of rotatable bonds is 7. The minimum atomic E-state index is 0.496. The van der Waals surface area contributed by atoms with Crippen LogP contribution in [-0.2, 0) is 6.54 Å². The molecule has 1 aromatic carbocycles. The molecule has 2 nitrogen and oxygen atoms in total. The number of hydrogen-bond donors (Lipinski definition) is 1. The monoisotopic (exact) mass is 274 g/mol. The molecular weight excluding hydrogens is 244 g/mol. The highest BCUT2D eigenvalue weighted by atomic mass is 15.1. The average molecular weight is 274 g/mol. The molecule has 0 spiro atoms. The molecule has 0 heterocycles. The Kier molecular flexibility index (Phi) is 5.62. The van der Waals surface area contributed by atoms with Gasteiger partial charge in [-0.3, -0.25) is 0 Å². The van der Waals surface area contributed by atoms with Crippen LogP contribution in [0, 0.1) is 5.41 Å². The predicted octanol–water partition coefficient (Wildman–Crippen LogP) is 3.68. The highest BCUT2D eigenvalue weighted by Crippen LogP contribution is 2.36. The van der Waals surface area contributed by atoms with Gasteiger partial charge in [0.2, 0.25) is 0 Å². The summed E-state index contributed by atoms with van der Waals surface area (Å²) in [6, 6.07) is 11.4. The number of benzene rings is 1. The second kappa shape index (κ2) is 7.24. The van der Waals surface area contributed by atoms with E-state index in [2.05, 4.69) is 61.4 Å². The second-order valence-corrected chi connectivity index (χ2v) is 6.96. The summed E-state index contributed by atoms with van der Waals surface area (Å²) in [7, 11) is 2.21. The van der Waals surface area contributed by atoms with Crippen LogP contribution in [0.3, 0.4) is 0 Å². The maximum absolute atomic E-state index is 3.76. The summed E-state index contributed by atoms with van der Waals surface area (Å²) in [4.78, 5) is 2.41. The highest BCUT2D eigenvalue weighted by Gasteiger charge is 2.33. The van der Waals surface area contributed by atoms with Crippen LogP contribution in [-0.4, -0.2) is 31.1 Å². The molecule has 1 N–H and O–H groups in total. The van der Waals surface area contributed by atoms with Crippen molar-refractivity contribution in [3.05, 3.63) is 35.9 Å². The third-order valence-electron chi connectivity index (χ3n) is 4.66. The molecule has 0 aliphatic heterocycles. The van der Waals surface area contributed by atoms with Crippen molar-refractivity contribution in [2.45, 2.75) is 52.1 Å². The van der Waals surface area contributed by atoms with Crippen molar-refractivity contribution in [1.29, 1.82) is 0 Å². The van der Waals surface area contributed by atoms with Crippen molar-refractivity contribution in [1.82, 2.24) is 10.2 Å². The van der Waals surface area contributed by atoms with Crippen molar-refractivity contribution in [3.63, 3.8) is 0 Å². The molecule has 0 radical (unpaired) electrons. The Morgan fingerprint density at radius 3 is 2.65 bits per heavy atom. The van der Waals surface area contributed by atoms with Gasteiger partial charge in [-0.25, -0.2) is 0 Å². The van der Waals surface area contributed by atoms with Crippen LogP contribution in [0.1, 0.15) is 45.1 Å². The molecule has 0 bridgehead atoms. The number of hydrogen-bond acceptors (Lipinski definition) is 2. The molecule has 1 aliphatic rings. The Balaban J connectivity index is 1.61. The molecule has 2 heteroatoms. The third kappa shape index (κ3) is 4.60. The third-order valence-corrected chi connectivity index (χ3v) is 4.66. The van der Waals surface area contributed by atoms with E-state index in [-0.39, 0.29) is 0 Å². The molecule has 1 aromatic rings. The molecule has 2 rings (SSSR count). The van der Waals surface area contributed by atoms with Crippen LogP contribution in [0.4, 0.5) is 0 Å². The fourth-order valence-electron chi connectivity index (χ4n) is 3.30. The summed E-state index contributed by atoms with van der Waals surface area (Å²) >= 11 is 0. The quantitative estimate of drug-likeness (QED) is 0.763. The minimum Gasteiger partial charge on any atom is -0.313 e. The molecule has 0 aromatic heterocycles. The first kappa shape index (κ1) is 15.5. The fraction of sp³-hybridized carbons (Fsp3) is 0.667. The van der Waals surface area contributed by atoms with E-state index in [1.165, 1.54) is 31.2 Å². The Labute approximate surface area is 124 Å². The minimum absolute atomic E-state index is 0.496. The second-order valence-electron chi connectivity index (χ2n) is 6.96. The zero-order chi connectivity index (χ0) is 14.4. The molecular formula is C18H30N2. The van der Waals surface area contributed by atoms with E-state index in [9.17, 15) is 0 Å². The van der Waals surface area contributed by atoms with Crippen LogP contribution in [0.25, 0.3) is 0 Å². The van der Waals surface area contributed by atoms with Gasteiger partial charge < -0.3 is 10.2 Å². The first-order valence-electron chi connectivity index (χ1n) is 8.04. The van der Waals surface area contributed by atoms with Crippen molar-refractivity contribution >= 4 is 0 Å². The average Bonchev–Trinajstić information content (AvgIpc) is 2.75. The zero-order valence-electron chi connectivity index (χ0n) is 13.4. The van der Waals surface area contributed by atoms with E-state index >= 15 is 0 Å². The van der Waals surface area contributed by atoms with Crippen molar-refractivity contribution < 1.29 is 0 Å². The maximum Gasteiger partial charge on any atom is 0.0230 e. The van der Waals surface area contributed by atoms with Crippen molar-refractivity contribution in [3.8, 4) is 0 Å².